The quantitative estimate of drug-likeness (QED) is 0.0129. The summed E-state index contributed by atoms with van der Waals surface area (Å²) in [5.41, 5.74) is 0. The van der Waals surface area contributed by atoms with Crippen LogP contribution in [0.1, 0.15) is 149 Å². The summed E-state index contributed by atoms with van der Waals surface area (Å²) in [5, 5.41) is 19.6. The van der Waals surface area contributed by atoms with E-state index in [1.54, 1.807) is 6.08 Å². The highest BCUT2D eigenvalue weighted by Gasteiger charge is 2.28. The van der Waals surface area contributed by atoms with Crippen molar-refractivity contribution in [3.63, 3.8) is 0 Å². The van der Waals surface area contributed by atoms with Crippen molar-refractivity contribution in [1.82, 2.24) is 0 Å². The lowest BCUT2D eigenvalue weighted by atomic mass is 10.1. The van der Waals surface area contributed by atoms with E-state index in [0.29, 0.717) is 19.3 Å². The van der Waals surface area contributed by atoms with Gasteiger partial charge in [0.05, 0.1) is 25.9 Å². The summed E-state index contributed by atoms with van der Waals surface area (Å²) >= 11 is 0. The number of aliphatic hydroxyl groups excluding tert-OH is 2. The fourth-order valence-electron chi connectivity index (χ4n) is 5.14. The summed E-state index contributed by atoms with van der Waals surface area (Å²) in [4.78, 5) is 52.5. The first-order chi connectivity index (χ1) is 26.8. The predicted octanol–water partition coefficient (Wildman–Crippen LogP) is 8.86. The first kappa shape index (κ1) is 54.0. The van der Waals surface area contributed by atoms with E-state index in [9.17, 15) is 33.8 Å². The molecule has 0 aromatic carbocycles. The molecule has 14 nitrogen and oxygen atoms in total. The lowest BCUT2D eigenvalue weighted by Crippen LogP contribution is -2.30. The van der Waals surface area contributed by atoms with Crippen LogP contribution in [0.4, 0.5) is 0 Å². The molecule has 0 saturated carbocycles. The Hall–Kier alpha value is -1.96. The Labute approximate surface area is 335 Å². The monoisotopic (exact) mass is 838 g/mol. The third kappa shape index (κ3) is 38.9. The molecule has 0 rings (SSSR count). The summed E-state index contributed by atoms with van der Waals surface area (Å²) in [6.45, 7) is 1.47. The number of phosphoric ester groups is 2. The second-order valence-electron chi connectivity index (χ2n) is 13.7. The molecule has 0 bridgehead atoms. The smallest absolute Gasteiger partial charge is 0.462 e. The first-order valence-corrected chi connectivity index (χ1v) is 23.5. The zero-order chi connectivity index (χ0) is 41.8. The number of hydrogen-bond donors (Lipinski definition) is 5. The third-order valence-corrected chi connectivity index (χ3v) is 9.71. The molecular formula is C40H72O14P2. The minimum atomic E-state index is -4.87. The molecule has 0 spiro atoms. The maximum atomic E-state index is 12.6. The first-order valence-electron chi connectivity index (χ1n) is 20.4. The van der Waals surface area contributed by atoms with Crippen molar-refractivity contribution in [2.45, 2.75) is 167 Å². The number of phosphoric acid groups is 2. The molecule has 0 aromatic heterocycles. The van der Waals surface area contributed by atoms with E-state index in [1.807, 2.05) is 31.2 Å². The molecule has 0 heterocycles. The minimum Gasteiger partial charge on any atom is -0.462 e. The van der Waals surface area contributed by atoms with Gasteiger partial charge in [0.2, 0.25) is 0 Å². The number of esters is 2. The Morgan fingerprint density at radius 1 is 0.589 bits per heavy atom. The molecule has 0 saturated heterocycles. The van der Waals surface area contributed by atoms with E-state index in [-0.39, 0.29) is 12.8 Å². The van der Waals surface area contributed by atoms with Gasteiger partial charge in [0, 0.05) is 12.8 Å². The van der Waals surface area contributed by atoms with Gasteiger partial charge in [0.25, 0.3) is 0 Å². The highest BCUT2D eigenvalue weighted by atomic mass is 31.2. The van der Waals surface area contributed by atoms with Crippen molar-refractivity contribution in [3.05, 3.63) is 48.6 Å². The summed E-state index contributed by atoms with van der Waals surface area (Å²) in [6.07, 6.45) is 31.5. The van der Waals surface area contributed by atoms with Crippen LogP contribution >= 0.6 is 15.6 Å². The normalized spacial score (nSPS) is 15.2. The van der Waals surface area contributed by atoms with Gasteiger partial charge in [-0.2, -0.15) is 0 Å². The van der Waals surface area contributed by atoms with Crippen molar-refractivity contribution in [2.75, 3.05) is 26.4 Å². The molecule has 326 valence electrons. The number of rotatable bonds is 38. The summed E-state index contributed by atoms with van der Waals surface area (Å²) in [7, 11) is -9.69. The molecule has 0 aliphatic heterocycles. The van der Waals surface area contributed by atoms with E-state index in [4.69, 9.17) is 23.8 Å². The second kappa shape index (κ2) is 36.1. The van der Waals surface area contributed by atoms with Crippen molar-refractivity contribution in [2.24, 2.45) is 0 Å². The SMILES string of the molecule is CC/C=C/CC(O)/C=C/C=C/CCCCCCCC(=O)OC[C@H](COP(=O)(O)OC[C@@H](O)COP(=O)(O)O)OC(=O)CCCCCCC/C=C\CCCCCC. The topological polar surface area (TPSA) is 216 Å². The van der Waals surface area contributed by atoms with Crippen LogP contribution in [-0.4, -0.2) is 81.6 Å². The lowest BCUT2D eigenvalue weighted by Gasteiger charge is -2.20. The van der Waals surface area contributed by atoms with E-state index in [1.165, 1.54) is 25.7 Å². The number of hydrogen-bond acceptors (Lipinski definition) is 11. The van der Waals surface area contributed by atoms with Crippen molar-refractivity contribution in [3.8, 4) is 0 Å². The second-order valence-corrected chi connectivity index (χ2v) is 16.4. The van der Waals surface area contributed by atoms with Gasteiger partial charge in [-0.15, -0.1) is 0 Å². The molecule has 0 amide bonds. The van der Waals surface area contributed by atoms with E-state index in [2.05, 4.69) is 34.2 Å². The molecule has 4 atom stereocenters. The molecule has 16 heteroatoms. The van der Waals surface area contributed by atoms with Crippen LogP contribution in [0.2, 0.25) is 0 Å². The van der Waals surface area contributed by atoms with Crippen LogP contribution in [0.3, 0.4) is 0 Å². The van der Waals surface area contributed by atoms with Gasteiger partial charge >= 0.3 is 27.6 Å². The van der Waals surface area contributed by atoms with E-state index >= 15 is 0 Å². The molecule has 0 radical (unpaired) electrons. The maximum absolute atomic E-state index is 12.6. The fraction of sp³-hybridized carbons (Fsp3) is 0.750. The number of aliphatic hydroxyl groups is 2. The Balaban J connectivity index is 4.63. The van der Waals surface area contributed by atoms with E-state index < -0.39 is 72.3 Å². The van der Waals surface area contributed by atoms with Gasteiger partial charge in [-0.3, -0.25) is 23.2 Å². The zero-order valence-electron chi connectivity index (χ0n) is 33.8. The summed E-state index contributed by atoms with van der Waals surface area (Å²) < 4.78 is 47.6. The number of unbranched alkanes of at least 4 members (excludes halogenated alkanes) is 14. The number of ether oxygens (including phenoxy) is 2. The van der Waals surface area contributed by atoms with Crippen LogP contribution in [0, 0.1) is 0 Å². The Morgan fingerprint density at radius 3 is 1.73 bits per heavy atom. The summed E-state index contributed by atoms with van der Waals surface area (Å²) in [6, 6.07) is 0. The number of allylic oxidation sites excluding steroid dienone is 6. The lowest BCUT2D eigenvalue weighted by molar-refractivity contribution is -0.161. The van der Waals surface area contributed by atoms with E-state index in [0.717, 1.165) is 77.0 Å². The van der Waals surface area contributed by atoms with Crippen molar-refractivity contribution < 1.29 is 66.7 Å². The fourth-order valence-corrected chi connectivity index (χ4v) is 6.30. The van der Waals surface area contributed by atoms with Crippen LogP contribution < -0.4 is 0 Å². The molecular weight excluding hydrogens is 766 g/mol. The number of carbonyl (C=O) groups is 2. The zero-order valence-corrected chi connectivity index (χ0v) is 35.6. The molecule has 0 aliphatic rings. The van der Waals surface area contributed by atoms with Crippen molar-refractivity contribution in [1.29, 1.82) is 0 Å². The summed E-state index contributed by atoms with van der Waals surface area (Å²) in [5.74, 6) is -1.10. The molecule has 56 heavy (non-hydrogen) atoms. The Bertz CT molecular complexity index is 1200. The van der Waals surface area contributed by atoms with Crippen LogP contribution in [0.25, 0.3) is 0 Å². The largest absolute Gasteiger partial charge is 0.472 e. The Morgan fingerprint density at radius 2 is 1.12 bits per heavy atom. The average molecular weight is 839 g/mol. The minimum absolute atomic E-state index is 0.105. The standard InChI is InChI=1S/C40H72O14P2/c1-3-5-7-8-9-10-11-12-13-16-20-23-27-31-40(44)54-38(35-53-56(48,49)52-33-37(42)32-51-55(45,46)47)34-50-39(43)30-26-22-19-17-14-15-18-21-25-29-36(41)28-24-6-4-2/h6,10-11,18,21,24-25,29,36-38,41-42H,3-5,7-9,12-17,19-20,22-23,26-28,30-35H2,1-2H3,(H,48,49)(H2,45,46,47)/b11-10-,21-18+,24-6+,29-25+/t36?,37-,38+/m0/s1. The van der Waals surface area contributed by atoms with Gasteiger partial charge < -0.3 is 34.4 Å². The average Bonchev–Trinajstić information content (AvgIpc) is 3.15. The van der Waals surface area contributed by atoms with Gasteiger partial charge in [0.1, 0.15) is 12.7 Å². The Kier molecular flexibility index (Phi) is 34.9. The van der Waals surface area contributed by atoms with Crippen LogP contribution in [0.15, 0.2) is 48.6 Å². The van der Waals surface area contributed by atoms with Crippen LogP contribution in [-0.2, 0) is 41.8 Å². The van der Waals surface area contributed by atoms with Gasteiger partial charge in [0.15, 0.2) is 6.10 Å². The molecule has 0 fully saturated rings. The highest BCUT2D eigenvalue weighted by Crippen LogP contribution is 2.43. The molecule has 0 aromatic rings. The molecule has 2 unspecified atom stereocenters. The predicted molar refractivity (Wildman–Crippen MR) is 217 cm³/mol. The number of carbonyl (C=O) groups excluding carboxylic acids is 2. The van der Waals surface area contributed by atoms with Gasteiger partial charge in [-0.05, 0) is 64.2 Å². The maximum Gasteiger partial charge on any atom is 0.472 e. The molecule has 0 aliphatic carbocycles. The van der Waals surface area contributed by atoms with Gasteiger partial charge in [-0.25, -0.2) is 9.13 Å². The highest BCUT2D eigenvalue weighted by molar-refractivity contribution is 7.47. The van der Waals surface area contributed by atoms with Crippen LogP contribution in [0.5, 0.6) is 0 Å². The third-order valence-electron chi connectivity index (χ3n) is 8.27. The van der Waals surface area contributed by atoms with Gasteiger partial charge in [-0.1, -0.05) is 120 Å². The van der Waals surface area contributed by atoms with Crippen molar-refractivity contribution >= 4 is 27.6 Å². The molecule has 5 N–H and O–H groups in total.